The molecule has 0 saturated heterocycles. The molecule has 0 radical (unpaired) electrons. The van der Waals surface area contributed by atoms with Gasteiger partial charge in [-0.05, 0) is 43.5 Å². The second-order valence-corrected chi connectivity index (χ2v) is 7.19. The van der Waals surface area contributed by atoms with E-state index in [2.05, 4.69) is 10.0 Å². The second kappa shape index (κ2) is 6.91. The van der Waals surface area contributed by atoms with Crippen LogP contribution in [0.4, 0.5) is 5.69 Å². The van der Waals surface area contributed by atoms with Gasteiger partial charge in [0.25, 0.3) is 0 Å². The van der Waals surface area contributed by atoms with Gasteiger partial charge in [-0.1, -0.05) is 13.8 Å². The highest BCUT2D eigenvalue weighted by molar-refractivity contribution is 7.89. The zero-order chi connectivity index (χ0) is 16.2. The first-order chi connectivity index (χ1) is 9.63. The second-order valence-electron chi connectivity index (χ2n) is 5.51. The highest BCUT2D eigenvalue weighted by Crippen LogP contribution is 2.17. The first-order valence-electron chi connectivity index (χ1n) is 6.79. The maximum absolute atomic E-state index is 12.3. The monoisotopic (exact) mass is 313 g/mol. The Morgan fingerprint density at radius 1 is 1.29 bits per heavy atom. The minimum Gasteiger partial charge on any atom is -0.399 e. The SMILES string of the molecule is Cc1cc(N)ccc1S(=O)(=O)NC(C)C(=O)NCC(C)C. The van der Waals surface area contributed by atoms with E-state index < -0.39 is 16.1 Å². The van der Waals surface area contributed by atoms with Gasteiger partial charge in [0.2, 0.25) is 15.9 Å². The molecule has 0 aliphatic rings. The molecule has 0 saturated carbocycles. The molecule has 0 bridgehead atoms. The number of nitrogens with two attached hydrogens (primary N) is 1. The number of aryl methyl sites for hydroxylation is 1. The summed E-state index contributed by atoms with van der Waals surface area (Å²) in [4.78, 5) is 12.0. The van der Waals surface area contributed by atoms with E-state index in [1.165, 1.54) is 19.1 Å². The van der Waals surface area contributed by atoms with Crippen LogP contribution in [-0.4, -0.2) is 26.9 Å². The van der Waals surface area contributed by atoms with Crippen molar-refractivity contribution in [2.24, 2.45) is 5.92 Å². The third kappa shape index (κ3) is 5.02. The summed E-state index contributed by atoms with van der Waals surface area (Å²) in [6, 6.07) is 3.69. The van der Waals surface area contributed by atoms with Crippen LogP contribution in [0.1, 0.15) is 26.3 Å². The Morgan fingerprint density at radius 2 is 1.90 bits per heavy atom. The third-order valence-electron chi connectivity index (χ3n) is 2.90. The maximum atomic E-state index is 12.3. The molecule has 0 aliphatic carbocycles. The highest BCUT2D eigenvalue weighted by atomic mass is 32.2. The van der Waals surface area contributed by atoms with Gasteiger partial charge in [0.1, 0.15) is 0 Å². The molecule has 1 amide bonds. The number of carbonyl (C=O) groups is 1. The molecular formula is C14H23N3O3S. The molecule has 4 N–H and O–H groups in total. The smallest absolute Gasteiger partial charge is 0.241 e. The molecule has 0 aliphatic heterocycles. The van der Waals surface area contributed by atoms with Crippen LogP contribution in [0.5, 0.6) is 0 Å². The number of anilines is 1. The zero-order valence-electron chi connectivity index (χ0n) is 12.8. The minimum atomic E-state index is -3.76. The van der Waals surface area contributed by atoms with Crippen molar-refractivity contribution in [2.45, 2.75) is 38.6 Å². The molecule has 0 spiro atoms. The lowest BCUT2D eigenvalue weighted by atomic mass is 10.2. The molecular weight excluding hydrogens is 290 g/mol. The average molecular weight is 313 g/mol. The molecule has 1 aromatic rings. The molecule has 7 heteroatoms. The fraction of sp³-hybridized carbons (Fsp3) is 0.500. The van der Waals surface area contributed by atoms with E-state index >= 15 is 0 Å². The van der Waals surface area contributed by atoms with Crippen molar-refractivity contribution < 1.29 is 13.2 Å². The molecule has 118 valence electrons. The van der Waals surface area contributed by atoms with Crippen LogP contribution in [0.15, 0.2) is 23.1 Å². The van der Waals surface area contributed by atoms with Gasteiger partial charge in [-0.3, -0.25) is 4.79 Å². The molecule has 21 heavy (non-hydrogen) atoms. The Morgan fingerprint density at radius 3 is 2.43 bits per heavy atom. The van der Waals surface area contributed by atoms with Gasteiger partial charge in [-0.25, -0.2) is 8.42 Å². The third-order valence-corrected chi connectivity index (χ3v) is 4.60. The Bertz CT molecular complexity index is 612. The van der Waals surface area contributed by atoms with Crippen LogP contribution in [0.25, 0.3) is 0 Å². The van der Waals surface area contributed by atoms with Crippen LogP contribution in [0.2, 0.25) is 0 Å². The summed E-state index contributed by atoms with van der Waals surface area (Å²) in [5.74, 6) is -0.0440. The summed E-state index contributed by atoms with van der Waals surface area (Å²) in [7, 11) is -3.76. The Kier molecular flexibility index (Phi) is 5.74. The number of rotatable bonds is 6. The van der Waals surface area contributed by atoms with E-state index in [0.29, 0.717) is 23.7 Å². The summed E-state index contributed by atoms with van der Waals surface area (Å²) >= 11 is 0. The molecule has 1 aromatic carbocycles. The first kappa shape index (κ1) is 17.5. The lowest BCUT2D eigenvalue weighted by molar-refractivity contribution is -0.122. The normalized spacial score (nSPS) is 13.2. The number of carbonyl (C=O) groups excluding carboxylic acids is 1. The summed E-state index contributed by atoms with van der Waals surface area (Å²) < 4.78 is 26.9. The van der Waals surface area contributed by atoms with Crippen LogP contribution < -0.4 is 15.8 Å². The number of hydrogen-bond acceptors (Lipinski definition) is 4. The molecule has 6 nitrogen and oxygen atoms in total. The number of amides is 1. The number of benzene rings is 1. The van der Waals surface area contributed by atoms with Gasteiger partial charge >= 0.3 is 0 Å². The van der Waals surface area contributed by atoms with Crippen molar-refractivity contribution in [3.63, 3.8) is 0 Å². The Labute approximate surface area is 126 Å². The van der Waals surface area contributed by atoms with Crippen molar-refractivity contribution in [3.05, 3.63) is 23.8 Å². The quantitative estimate of drug-likeness (QED) is 0.682. The molecule has 1 rings (SSSR count). The fourth-order valence-electron chi connectivity index (χ4n) is 1.78. The predicted octanol–water partition coefficient (Wildman–Crippen LogP) is 1.02. The Hall–Kier alpha value is -1.60. The van der Waals surface area contributed by atoms with Gasteiger partial charge < -0.3 is 11.1 Å². The van der Waals surface area contributed by atoms with E-state index in [-0.39, 0.29) is 10.8 Å². The van der Waals surface area contributed by atoms with Crippen molar-refractivity contribution in [2.75, 3.05) is 12.3 Å². The largest absolute Gasteiger partial charge is 0.399 e. The topological polar surface area (TPSA) is 101 Å². The zero-order valence-corrected chi connectivity index (χ0v) is 13.6. The van der Waals surface area contributed by atoms with Gasteiger partial charge in [0.05, 0.1) is 10.9 Å². The van der Waals surface area contributed by atoms with Crippen LogP contribution in [0, 0.1) is 12.8 Å². The number of sulfonamides is 1. The van der Waals surface area contributed by atoms with E-state index in [1.807, 2.05) is 13.8 Å². The molecule has 0 fully saturated rings. The van der Waals surface area contributed by atoms with Crippen LogP contribution >= 0.6 is 0 Å². The van der Waals surface area contributed by atoms with Crippen molar-refractivity contribution in [1.29, 1.82) is 0 Å². The van der Waals surface area contributed by atoms with E-state index in [1.54, 1.807) is 13.0 Å². The molecule has 1 unspecified atom stereocenters. The van der Waals surface area contributed by atoms with E-state index in [4.69, 9.17) is 5.73 Å². The summed E-state index contributed by atoms with van der Waals surface area (Å²) in [6.45, 7) is 7.61. The highest BCUT2D eigenvalue weighted by Gasteiger charge is 2.23. The minimum absolute atomic E-state index is 0.125. The summed E-state index contributed by atoms with van der Waals surface area (Å²) in [6.07, 6.45) is 0. The number of hydrogen-bond donors (Lipinski definition) is 3. The van der Waals surface area contributed by atoms with Crippen LogP contribution in [-0.2, 0) is 14.8 Å². The number of nitrogen functional groups attached to an aromatic ring is 1. The van der Waals surface area contributed by atoms with E-state index in [9.17, 15) is 13.2 Å². The summed E-state index contributed by atoms with van der Waals surface area (Å²) in [5, 5.41) is 2.69. The van der Waals surface area contributed by atoms with Crippen molar-refractivity contribution >= 4 is 21.6 Å². The average Bonchev–Trinajstić information content (AvgIpc) is 2.34. The summed E-state index contributed by atoms with van der Waals surface area (Å²) in [5.41, 5.74) is 6.64. The van der Waals surface area contributed by atoms with Gasteiger partial charge in [0.15, 0.2) is 0 Å². The van der Waals surface area contributed by atoms with Gasteiger partial charge in [0, 0.05) is 12.2 Å². The molecule has 0 aromatic heterocycles. The number of nitrogens with one attached hydrogen (secondary N) is 2. The standard InChI is InChI=1S/C14H23N3O3S/c1-9(2)8-16-14(18)11(4)17-21(19,20)13-6-5-12(15)7-10(13)3/h5-7,9,11,17H,8,15H2,1-4H3,(H,16,18). The van der Waals surface area contributed by atoms with Crippen molar-refractivity contribution in [3.8, 4) is 0 Å². The van der Waals surface area contributed by atoms with E-state index in [0.717, 1.165) is 0 Å². The molecule has 0 heterocycles. The maximum Gasteiger partial charge on any atom is 0.241 e. The lowest BCUT2D eigenvalue weighted by Crippen LogP contribution is -2.45. The van der Waals surface area contributed by atoms with Crippen molar-refractivity contribution in [1.82, 2.24) is 10.0 Å². The lowest BCUT2D eigenvalue weighted by Gasteiger charge is -2.16. The van der Waals surface area contributed by atoms with Crippen LogP contribution in [0.3, 0.4) is 0 Å². The van der Waals surface area contributed by atoms with Gasteiger partial charge in [-0.2, -0.15) is 4.72 Å². The van der Waals surface area contributed by atoms with Gasteiger partial charge in [-0.15, -0.1) is 0 Å². The fourth-order valence-corrected chi connectivity index (χ4v) is 3.21. The first-order valence-corrected chi connectivity index (χ1v) is 8.28. The predicted molar refractivity (Wildman–Crippen MR) is 83.2 cm³/mol. The Balaban J connectivity index is 2.82. The molecule has 1 atom stereocenters.